The zero-order valence-corrected chi connectivity index (χ0v) is 23.1. The van der Waals surface area contributed by atoms with Crippen molar-refractivity contribution in [3.8, 4) is 11.4 Å². The van der Waals surface area contributed by atoms with Crippen LogP contribution in [0.15, 0.2) is 67.0 Å². The van der Waals surface area contributed by atoms with Gasteiger partial charge in [0.2, 0.25) is 6.33 Å². The van der Waals surface area contributed by atoms with Crippen molar-refractivity contribution in [2.24, 2.45) is 0 Å². The van der Waals surface area contributed by atoms with Crippen molar-refractivity contribution in [3.63, 3.8) is 0 Å². The molecule has 46 heavy (non-hydrogen) atoms. The second-order valence-corrected chi connectivity index (χ2v) is 10.4. The highest BCUT2D eigenvalue weighted by Crippen LogP contribution is 2.51. The van der Waals surface area contributed by atoms with Crippen LogP contribution in [-0.2, 0) is 36.7 Å². The average molecular weight is 670 g/mol. The van der Waals surface area contributed by atoms with Gasteiger partial charge < -0.3 is 9.84 Å². The first-order valence-electron chi connectivity index (χ1n) is 13.1. The molecule has 0 spiro atoms. The second-order valence-electron chi connectivity index (χ2n) is 10.4. The lowest BCUT2D eigenvalue weighted by Crippen LogP contribution is -2.51. The molecule has 0 amide bonds. The topological polar surface area (TPSA) is 51.2 Å². The SMILES string of the molecule is COc1ccc(-n2c[n+]3c(n2)CC[C@H]3C(O)(c2cc(C(F)(F)F)ccc2C(F)(F)F)c2cc(C(F)(F)F)ccc2C(F)(F)F)cc1. The molecule has 3 aromatic carbocycles. The van der Waals surface area contributed by atoms with Crippen LogP contribution < -0.4 is 9.30 Å². The molecular formula is C29H20F12N3O2+. The summed E-state index contributed by atoms with van der Waals surface area (Å²) in [4.78, 5) is 0. The summed E-state index contributed by atoms with van der Waals surface area (Å²) in [5.41, 5.74) is -14.4. The number of ether oxygens (including phenoxy) is 1. The molecular weight excluding hydrogens is 650 g/mol. The fourth-order valence-electron chi connectivity index (χ4n) is 5.57. The summed E-state index contributed by atoms with van der Waals surface area (Å²) in [6, 6.07) is 3.45. The third-order valence-electron chi connectivity index (χ3n) is 7.68. The van der Waals surface area contributed by atoms with Crippen LogP contribution >= 0.6 is 0 Å². The number of aryl methyl sites for hydroxylation is 1. The van der Waals surface area contributed by atoms with E-state index in [-0.39, 0.29) is 48.6 Å². The van der Waals surface area contributed by atoms with E-state index in [4.69, 9.17) is 4.74 Å². The molecule has 246 valence electrons. The standard InChI is InChI=1S/C29H20F12N3O2/c1-46-18-6-4-17(5-7-18)44-14-43-23(10-11-24(43)42-44)25(45,21-12-15(26(30,31)32)2-8-19(21)28(36,37)38)22-13-16(27(33,34)35)3-9-20(22)29(39,40)41/h2-9,12-14,23,45H,10-11H2,1H3/q+1/t23-/m0/s1. The molecule has 1 aliphatic heterocycles. The molecule has 0 fully saturated rings. The Morgan fingerprint density at radius 1 is 0.696 bits per heavy atom. The van der Waals surface area contributed by atoms with E-state index < -0.39 is 76.1 Å². The van der Waals surface area contributed by atoms with Gasteiger partial charge in [-0.3, -0.25) is 0 Å². The van der Waals surface area contributed by atoms with Crippen molar-refractivity contribution in [2.45, 2.75) is 49.2 Å². The van der Waals surface area contributed by atoms with Gasteiger partial charge in [-0.05, 0) is 67.1 Å². The fourth-order valence-corrected chi connectivity index (χ4v) is 5.57. The minimum atomic E-state index is -5.56. The summed E-state index contributed by atoms with van der Waals surface area (Å²) in [6.07, 6.45) is -21.5. The quantitative estimate of drug-likeness (QED) is 0.175. The normalized spacial score (nSPS) is 16.1. The van der Waals surface area contributed by atoms with Crippen LogP contribution in [0.25, 0.3) is 5.69 Å². The molecule has 0 bridgehead atoms. The molecule has 4 aromatic rings. The van der Waals surface area contributed by atoms with E-state index in [0.717, 1.165) is 15.6 Å². The number of hydrogen-bond donors (Lipinski definition) is 1. The van der Waals surface area contributed by atoms with Gasteiger partial charge in [0, 0.05) is 22.6 Å². The first-order valence-corrected chi connectivity index (χ1v) is 13.1. The van der Waals surface area contributed by atoms with Crippen molar-refractivity contribution < 1.29 is 67.1 Å². The van der Waals surface area contributed by atoms with Gasteiger partial charge in [-0.1, -0.05) is 4.68 Å². The minimum absolute atomic E-state index is 0.0124. The molecule has 1 atom stereocenters. The lowest BCUT2D eigenvalue weighted by molar-refractivity contribution is -0.731. The van der Waals surface area contributed by atoms with E-state index >= 15 is 0 Å². The smallest absolute Gasteiger partial charge is 0.416 e. The predicted molar refractivity (Wildman–Crippen MR) is 134 cm³/mol. The Balaban J connectivity index is 1.87. The van der Waals surface area contributed by atoms with Crippen LogP contribution in [0.1, 0.15) is 51.7 Å². The Labute approximate surface area is 251 Å². The molecule has 5 rings (SSSR count). The molecule has 2 heterocycles. The summed E-state index contributed by atoms with van der Waals surface area (Å²) >= 11 is 0. The van der Waals surface area contributed by atoms with Gasteiger partial charge in [0.25, 0.3) is 5.82 Å². The second kappa shape index (κ2) is 10.9. The van der Waals surface area contributed by atoms with Gasteiger partial charge in [0.05, 0.1) is 29.4 Å². The number of rotatable bonds is 5. The predicted octanol–water partition coefficient (Wildman–Crippen LogP) is 7.67. The number of halogens is 12. The molecule has 1 aliphatic rings. The highest BCUT2D eigenvalue weighted by Gasteiger charge is 2.56. The summed E-state index contributed by atoms with van der Waals surface area (Å²) in [5, 5.41) is 16.6. The zero-order chi connectivity index (χ0) is 34.0. The number of aliphatic hydroxyl groups is 1. The van der Waals surface area contributed by atoms with Gasteiger partial charge in [0.1, 0.15) is 23.1 Å². The summed E-state index contributed by atoms with van der Waals surface area (Å²) in [6.45, 7) is 0. The van der Waals surface area contributed by atoms with Crippen molar-refractivity contribution in [1.29, 1.82) is 0 Å². The number of nitrogens with zero attached hydrogens (tertiary/aromatic N) is 3. The number of aromatic nitrogens is 3. The Morgan fingerprint density at radius 2 is 1.17 bits per heavy atom. The minimum Gasteiger partial charge on any atom is -0.497 e. The van der Waals surface area contributed by atoms with Crippen LogP contribution in [0, 0.1) is 0 Å². The van der Waals surface area contributed by atoms with Crippen LogP contribution in [0.4, 0.5) is 52.7 Å². The molecule has 0 saturated heterocycles. The lowest BCUT2D eigenvalue weighted by atomic mass is 9.74. The first kappa shape index (κ1) is 33.1. The zero-order valence-electron chi connectivity index (χ0n) is 23.1. The van der Waals surface area contributed by atoms with E-state index in [9.17, 15) is 57.8 Å². The number of benzene rings is 3. The van der Waals surface area contributed by atoms with Gasteiger partial charge in [0.15, 0.2) is 0 Å². The Morgan fingerprint density at radius 3 is 1.59 bits per heavy atom. The van der Waals surface area contributed by atoms with Gasteiger partial charge in [-0.15, -0.1) is 0 Å². The Hall–Kier alpha value is -4.28. The molecule has 5 nitrogen and oxygen atoms in total. The fraction of sp³-hybridized carbons (Fsp3) is 0.310. The maximum absolute atomic E-state index is 14.4. The molecule has 17 heteroatoms. The van der Waals surface area contributed by atoms with Crippen LogP contribution in [0.5, 0.6) is 5.75 Å². The number of hydrogen-bond acceptors (Lipinski definition) is 3. The summed E-state index contributed by atoms with van der Waals surface area (Å²) in [7, 11) is 1.38. The van der Waals surface area contributed by atoms with Crippen LogP contribution in [-0.4, -0.2) is 22.0 Å². The molecule has 0 unspecified atom stereocenters. The number of alkyl halides is 12. The summed E-state index contributed by atoms with van der Waals surface area (Å²) in [5.74, 6) is 0.386. The van der Waals surface area contributed by atoms with E-state index in [2.05, 4.69) is 5.10 Å². The third kappa shape index (κ3) is 5.87. The first-order chi connectivity index (χ1) is 21.2. The van der Waals surface area contributed by atoms with Crippen molar-refractivity contribution >= 4 is 0 Å². The van der Waals surface area contributed by atoms with Gasteiger partial charge in [-0.25, -0.2) is 4.57 Å². The van der Waals surface area contributed by atoms with Crippen molar-refractivity contribution in [1.82, 2.24) is 9.78 Å². The molecule has 1 N–H and O–H groups in total. The average Bonchev–Trinajstić information content (AvgIpc) is 3.56. The maximum Gasteiger partial charge on any atom is 0.416 e. The number of fused-ring (bicyclic) bond motifs is 1. The maximum atomic E-state index is 14.4. The Kier molecular flexibility index (Phi) is 7.85. The van der Waals surface area contributed by atoms with Crippen LogP contribution in [0.2, 0.25) is 0 Å². The van der Waals surface area contributed by atoms with Crippen molar-refractivity contribution in [3.05, 3.63) is 106 Å². The highest BCUT2D eigenvalue weighted by molar-refractivity contribution is 5.50. The van der Waals surface area contributed by atoms with Crippen molar-refractivity contribution in [2.75, 3.05) is 7.11 Å². The Bertz CT molecular complexity index is 1680. The third-order valence-corrected chi connectivity index (χ3v) is 7.68. The van der Waals surface area contributed by atoms with E-state index in [0.29, 0.717) is 11.4 Å². The van der Waals surface area contributed by atoms with Gasteiger partial charge in [-0.2, -0.15) is 52.7 Å². The molecule has 1 aromatic heterocycles. The lowest BCUT2D eigenvalue weighted by Gasteiger charge is -2.38. The van der Waals surface area contributed by atoms with E-state index in [1.807, 2.05) is 0 Å². The molecule has 0 radical (unpaired) electrons. The largest absolute Gasteiger partial charge is 0.497 e. The highest BCUT2D eigenvalue weighted by atomic mass is 19.4. The summed E-state index contributed by atoms with van der Waals surface area (Å²) < 4.78 is 176. The number of methoxy groups -OCH3 is 1. The van der Waals surface area contributed by atoms with Gasteiger partial charge >= 0.3 is 24.7 Å². The molecule has 0 aliphatic carbocycles. The van der Waals surface area contributed by atoms with E-state index in [1.165, 1.54) is 31.4 Å². The molecule has 0 saturated carbocycles. The van der Waals surface area contributed by atoms with E-state index in [1.54, 1.807) is 0 Å². The monoisotopic (exact) mass is 670 g/mol. The van der Waals surface area contributed by atoms with Crippen LogP contribution in [0.3, 0.4) is 0 Å².